The monoisotopic (exact) mass is 305 g/mol. The summed E-state index contributed by atoms with van der Waals surface area (Å²) in [5.74, 6) is 0. The third kappa shape index (κ3) is 3.86. The van der Waals surface area contributed by atoms with E-state index < -0.39 is 0 Å². The lowest BCUT2D eigenvalue weighted by Crippen LogP contribution is -2.15. The molecule has 0 aliphatic rings. The Morgan fingerprint density at radius 3 is 2.57 bits per heavy atom. The number of hydrogen-bond donors (Lipinski definition) is 1. The second-order valence-corrected chi connectivity index (χ2v) is 6.01. The van der Waals surface area contributed by atoms with E-state index in [9.17, 15) is 0 Å². The molecule has 0 radical (unpaired) electrons. The van der Waals surface area contributed by atoms with Gasteiger partial charge in [-0.2, -0.15) is 5.10 Å². The summed E-state index contributed by atoms with van der Waals surface area (Å²) < 4.78 is 2.07. The molecule has 1 atom stereocenters. The molecule has 1 heterocycles. The van der Waals surface area contributed by atoms with Crippen LogP contribution >= 0.6 is 11.6 Å². The molecule has 2 aromatic rings. The van der Waals surface area contributed by atoms with Crippen LogP contribution in [0.15, 0.2) is 30.5 Å². The minimum atomic E-state index is -0.0488. The number of aryl methyl sites for hydroxylation is 1. The van der Waals surface area contributed by atoms with Gasteiger partial charge in [0.1, 0.15) is 0 Å². The molecule has 1 aromatic heterocycles. The van der Waals surface area contributed by atoms with Gasteiger partial charge in [-0.1, -0.05) is 31.5 Å². The van der Waals surface area contributed by atoms with Gasteiger partial charge < -0.3 is 5.73 Å². The number of benzene rings is 1. The minimum Gasteiger partial charge on any atom is -0.324 e. The number of hydrogen-bond acceptors (Lipinski definition) is 2. The number of rotatable bonds is 6. The van der Waals surface area contributed by atoms with Crippen molar-refractivity contribution in [2.45, 2.75) is 52.1 Å². The predicted octanol–water partition coefficient (Wildman–Crippen LogP) is 4.45. The lowest BCUT2D eigenvalue weighted by Gasteiger charge is -2.15. The first-order valence-corrected chi connectivity index (χ1v) is 7.98. The summed E-state index contributed by atoms with van der Waals surface area (Å²) in [6, 6.07) is 8.37. The van der Waals surface area contributed by atoms with Crippen molar-refractivity contribution in [1.82, 2.24) is 9.78 Å². The normalized spacial score (nSPS) is 12.9. The summed E-state index contributed by atoms with van der Waals surface area (Å²) in [6.07, 6.45) is 5.00. The van der Waals surface area contributed by atoms with Crippen LogP contribution in [0.1, 0.15) is 55.6 Å². The predicted molar refractivity (Wildman–Crippen MR) is 88.7 cm³/mol. The Kier molecular flexibility index (Phi) is 5.43. The van der Waals surface area contributed by atoms with Crippen LogP contribution in [-0.2, 0) is 6.42 Å². The average molecular weight is 306 g/mol. The fourth-order valence-corrected chi connectivity index (χ4v) is 2.97. The van der Waals surface area contributed by atoms with E-state index in [2.05, 4.69) is 35.9 Å². The summed E-state index contributed by atoms with van der Waals surface area (Å²) in [4.78, 5) is 0. The molecule has 0 fully saturated rings. The van der Waals surface area contributed by atoms with E-state index in [1.807, 2.05) is 25.1 Å². The third-order valence-electron chi connectivity index (χ3n) is 4.04. The molecular formula is C17H24ClN3. The van der Waals surface area contributed by atoms with Gasteiger partial charge in [-0.3, -0.25) is 4.68 Å². The highest BCUT2D eigenvalue weighted by Crippen LogP contribution is 2.23. The fraction of sp³-hybridized carbons (Fsp3) is 0.471. The van der Waals surface area contributed by atoms with E-state index >= 15 is 0 Å². The maximum atomic E-state index is 6.34. The van der Waals surface area contributed by atoms with Crippen LogP contribution in [-0.4, -0.2) is 9.78 Å². The van der Waals surface area contributed by atoms with Gasteiger partial charge >= 0.3 is 0 Å². The minimum absolute atomic E-state index is 0.0488. The molecule has 114 valence electrons. The molecule has 0 saturated heterocycles. The van der Waals surface area contributed by atoms with Gasteiger partial charge in [0.15, 0.2) is 0 Å². The lowest BCUT2D eigenvalue weighted by atomic mass is 9.98. The van der Waals surface area contributed by atoms with Crippen LogP contribution in [0.5, 0.6) is 0 Å². The molecule has 2 rings (SSSR count). The molecular weight excluding hydrogens is 282 g/mol. The van der Waals surface area contributed by atoms with Crippen LogP contribution < -0.4 is 5.73 Å². The molecule has 1 unspecified atom stereocenters. The van der Waals surface area contributed by atoms with Gasteiger partial charge in [0.25, 0.3) is 0 Å². The summed E-state index contributed by atoms with van der Waals surface area (Å²) in [7, 11) is 0. The van der Waals surface area contributed by atoms with E-state index in [0.29, 0.717) is 6.04 Å². The van der Waals surface area contributed by atoms with Crippen molar-refractivity contribution in [2.24, 2.45) is 5.73 Å². The Bertz CT molecular complexity index is 587. The highest BCUT2D eigenvalue weighted by molar-refractivity contribution is 6.30. The molecule has 2 N–H and O–H groups in total. The molecule has 0 amide bonds. The first-order chi connectivity index (χ1) is 10.0. The van der Waals surface area contributed by atoms with E-state index in [-0.39, 0.29) is 6.04 Å². The van der Waals surface area contributed by atoms with Crippen molar-refractivity contribution in [3.05, 3.63) is 52.3 Å². The zero-order valence-corrected chi connectivity index (χ0v) is 13.8. The summed E-state index contributed by atoms with van der Waals surface area (Å²) in [5, 5.41) is 5.43. The van der Waals surface area contributed by atoms with Crippen LogP contribution in [0, 0.1) is 6.92 Å². The molecule has 0 saturated carbocycles. The highest BCUT2D eigenvalue weighted by Gasteiger charge is 2.13. The SMILES string of the molecule is CCC(CC)n1ccc(CC(N)c2ccc(Cl)cc2C)n1. The van der Waals surface area contributed by atoms with E-state index in [1.165, 1.54) is 0 Å². The number of halogens is 1. The van der Waals surface area contributed by atoms with Crippen LogP contribution in [0.4, 0.5) is 0 Å². The highest BCUT2D eigenvalue weighted by atomic mass is 35.5. The van der Waals surface area contributed by atoms with Crippen molar-refractivity contribution < 1.29 is 0 Å². The van der Waals surface area contributed by atoms with Crippen LogP contribution in [0.3, 0.4) is 0 Å². The lowest BCUT2D eigenvalue weighted by molar-refractivity contribution is 0.424. The molecule has 21 heavy (non-hydrogen) atoms. The van der Waals surface area contributed by atoms with Crippen molar-refractivity contribution in [2.75, 3.05) is 0 Å². The van der Waals surface area contributed by atoms with Crippen molar-refractivity contribution in [1.29, 1.82) is 0 Å². The Labute approximate surface area is 132 Å². The summed E-state index contributed by atoms with van der Waals surface area (Å²) in [6.45, 7) is 6.43. The summed E-state index contributed by atoms with van der Waals surface area (Å²) in [5.41, 5.74) is 9.65. The van der Waals surface area contributed by atoms with Gasteiger partial charge in [-0.15, -0.1) is 0 Å². The topological polar surface area (TPSA) is 43.8 Å². The molecule has 3 nitrogen and oxygen atoms in total. The van der Waals surface area contributed by atoms with Crippen molar-refractivity contribution >= 4 is 11.6 Å². The molecule has 0 aliphatic carbocycles. The maximum Gasteiger partial charge on any atom is 0.0643 e. The summed E-state index contributed by atoms with van der Waals surface area (Å²) >= 11 is 6.00. The maximum absolute atomic E-state index is 6.34. The molecule has 0 bridgehead atoms. The zero-order valence-electron chi connectivity index (χ0n) is 13.0. The largest absolute Gasteiger partial charge is 0.324 e. The van der Waals surface area contributed by atoms with E-state index in [4.69, 9.17) is 17.3 Å². The third-order valence-corrected chi connectivity index (χ3v) is 4.28. The van der Waals surface area contributed by atoms with Gasteiger partial charge in [-0.25, -0.2) is 0 Å². The van der Waals surface area contributed by atoms with Gasteiger partial charge in [0.05, 0.1) is 11.7 Å². The standard InChI is InChI=1S/C17H24ClN3/c1-4-15(5-2)21-9-8-14(20-21)11-17(19)16-7-6-13(18)10-12(16)3/h6-10,15,17H,4-5,11,19H2,1-3H3. The Balaban J connectivity index is 2.11. The molecule has 4 heteroatoms. The molecule has 1 aromatic carbocycles. The molecule has 0 aliphatic heterocycles. The smallest absolute Gasteiger partial charge is 0.0643 e. The Hall–Kier alpha value is -1.32. The Morgan fingerprint density at radius 1 is 1.24 bits per heavy atom. The number of nitrogens with zero attached hydrogens (tertiary/aromatic N) is 2. The van der Waals surface area contributed by atoms with E-state index in [1.54, 1.807) is 0 Å². The first-order valence-electron chi connectivity index (χ1n) is 7.60. The van der Waals surface area contributed by atoms with Crippen LogP contribution in [0.25, 0.3) is 0 Å². The van der Waals surface area contributed by atoms with Gasteiger partial charge in [0.2, 0.25) is 0 Å². The number of aromatic nitrogens is 2. The second kappa shape index (κ2) is 7.10. The van der Waals surface area contributed by atoms with Gasteiger partial charge in [-0.05, 0) is 49.1 Å². The number of nitrogens with two attached hydrogens (primary N) is 1. The zero-order chi connectivity index (χ0) is 15.4. The van der Waals surface area contributed by atoms with Crippen molar-refractivity contribution in [3.63, 3.8) is 0 Å². The quantitative estimate of drug-likeness (QED) is 0.857. The average Bonchev–Trinajstić information content (AvgIpc) is 2.88. The first kappa shape index (κ1) is 16.1. The fourth-order valence-electron chi connectivity index (χ4n) is 2.74. The van der Waals surface area contributed by atoms with Crippen LogP contribution in [0.2, 0.25) is 5.02 Å². The van der Waals surface area contributed by atoms with Crippen molar-refractivity contribution in [3.8, 4) is 0 Å². The van der Waals surface area contributed by atoms with E-state index in [0.717, 1.165) is 41.1 Å². The Morgan fingerprint density at radius 2 is 1.95 bits per heavy atom. The van der Waals surface area contributed by atoms with Gasteiger partial charge in [0, 0.05) is 23.7 Å². The molecule has 0 spiro atoms. The second-order valence-electron chi connectivity index (χ2n) is 5.57.